The number of carbonyl (C=O) groups excluding carboxylic acids is 1. The summed E-state index contributed by atoms with van der Waals surface area (Å²) in [6.07, 6.45) is -5.48. The Morgan fingerprint density at radius 3 is 2.45 bits per heavy atom. The van der Waals surface area contributed by atoms with Gasteiger partial charge < -0.3 is 10.1 Å². The van der Waals surface area contributed by atoms with Crippen molar-refractivity contribution in [2.45, 2.75) is 19.0 Å². The van der Waals surface area contributed by atoms with Crippen LogP contribution in [0.25, 0.3) is 10.9 Å². The lowest BCUT2D eigenvalue weighted by molar-refractivity contribution is -0.305. The fourth-order valence-electron chi connectivity index (χ4n) is 1.85. The summed E-state index contributed by atoms with van der Waals surface area (Å²) < 4.78 is 55.2. The van der Waals surface area contributed by atoms with Gasteiger partial charge in [0.25, 0.3) is 5.91 Å². The van der Waals surface area contributed by atoms with Crippen LogP contribution in [0, 0.1) is 6.92 Å². The van der Waals surface area contributed by atoms with Crippen molar-refractivity contribution in [2.24, 2.45) is 0 Å². The number of pyridine rings is 1. The van der Waals surface area contributed by atoms with Gasteiger partial charge in [0.2, 0.25) is 0 Å². The number of carbonyl (C=O) groups is 1. The number of anilines is 1. The molecule has 1 aromatic heterocycles. The number of rotatable bonds is 3. The molecule has 0 saturated carbocycles. The topological polar surface area (TPSA) is 51.2 Å². The van der Waals surface area contributed by atoms with Crippen LogP contribution in [0.1, 0.15) is 5.69 Å². The molecule has 1 N–H and O–H groups in total. The van der Waals surface area contributed by atoms with E-state index in [1.165, 1.54) is 18.2 Å². The van der Waals surface area contributed by atoms with E-state index in [1.807, 2.05) is 5.32 Å². The Hall–Kier alpha value is -2.22. The molecule has 4 nitrogen and oxygen atoms in total. The Labute approximate surface area is 123 Å². The van der Waals surface area contributed by atoms with E-state index in [0.29, 0.717) is 18.0 Å². The molecule has 1 atom stereocenters. The number of benzene rings is 1. The predicted octanol–water partition coefficient (Wildman–Crippen LogP) is 3.36. The Bertz CT molecular complexity index is 718. The van der Waals surface area contributed by atoms with Crippen LogP contribution in [-0.2, 0) is 9.53 Å². The number of halogens is 4. The Kier molecular flexibility index (Phi) is 4.06. The van der Waals surface area contributed by atoms with Gasteiger partial charge in [-0.15, -0.1) is 0 Å². The number of aryl methyl sites for hydroxylation is 1. The first-order chi connectivity index (χ1) is 10.2. The first kappa shape index (κ1) is 16.2. The summed E-state index contributed by atoms with van der Waals surface area (Å²) in [5.74, 6) is -6.35. The van der Waals surface area contributed by atoms with Gasteiger partial charge in [-0.25, -0.2) is 0 Å². The molecule has 0 radical (unpaired) electrons. The number of amides is 1. The lowest BCUT2D eigenvalue weighted by Gasteiger charge is -2.24. The number of hydrogen-bond acceptors (Lipinski definition) is 3. The number of nitrogens with one attached hydrogen (secondary N) is 1. The minimum atomic E-state index is -5.48. The van der Waals surface area contributed by atoms with Gasteiger partial charge >= 0.3 is 12.0 Å². The van der Waals surface area contributed by atoms with E-state index in [-0.39, 0.29) is 5.69 Å². The summed E-state index contributed by atoms with van der Waals surface area (Å²) in [6, 6.07) is 7.64. The highest BCUT2D eigenvalue weighted by Gasteiger charge is 2.63. The van der Waals surface area contributed by atoms with Crippen molar-refractivity contribution in [2.75, 3.05) is 12.4 Å². The molecule has 0 saturated heterocycles. The van der Waals surface area contributed by atoms with Crippen LogP contribution in [0.5, 0.6) is 0 Å². The quantitative estimate of drug-likeness (QED) is 0.884. The highest BCUT2D eigenvalue weighted by molar-refractivity contribution is 5.98. The number of fused-ring (bicyclic) bond motifs is 1. The van der Waals surface area contributed by atoms with Crippen molar-refractivity contribution in [3.63, 3.8) is 0 Å². The zero-order valence-electron chi connectivity index (χ0n) is 11.7. The van der Waals surface area contributed by atoms with Gasteiger partial charge in [-0.3, -0.25) is 9.78 Å². The van der Waals surface area contributed by atoms with Crippen LogP contribution >= 0.6 is 0 Å². The number of nitrogens with zero attached hydrogens (tertiary/aromatic N) is 1. The number of hydrogen-bond donors (Lipinski definition) is 1. The summed E-state index contributed by atoms with van der Waals surface area (Å²) in [4.78, 5) is 15.8. The SMILES string of the molecule is CO[C@](F)(C(=O)Nc1ccc2nc(C)ccc2c1)C(F)(F)F. The van der Waals surface area contributed by atoms with Crippen molar-refractivity contribution in [1.29, 1.82) is 0 Å². The first-order valence-corrected chi connectivity index (χ1v) is 6.17. The van der Waals surface area contributed by atoms with E-state index < -0.39 is 17.9 Å². The van der Waals surface area contributed by atoms with Crippen LogP contribution in [0.15, 0.2) is 30.3 Å². The van der Waals surface area contributed by atoms with Crippen molar-refractivity contribution in [1.82, 2.24) is 4.98 Å². The van der Waals surface area contributed by atoms with Crippen LogP contribution in [-0.4, -0.2) is 30.0 Å². The highest BCUT2D eigenvalue weighted by atomic mass is 19.4. The van der Waals surface area contributed by atoms with Crippen molar-refractivity contribution < 1.29 is 27.1 Å². The highest BCUT2D eigenvalue weighted by Crippen LogP contribution is 2.35. The average molecular weight is 316 g/mol. The smallest absolute Gasteiger partial charge is 0.335 e. The van der Waals surface area contributed by atoms with E-state index in [1.54, 1.807) is 19.1 Å². The molecule has 1 amide bonds. The molecular formula is C14H12F4N2O2. The summed E-state index contributed by atoms with van der Waals surface area (Å²) in [5, 5.41) is 2.45. The molecule has 2 rings (SSSR count). The molecule has 0 bridgehead atoms. The fraction of sp³-hybridized carbons (Fsp3) is 0.286. The van der Waals surface area contributed by atoms with E-state index in [9.17, 15) is 22.4 Å². The summed E-state index contributed by atoms with van der Waals surface area (Å²) in [6.45, 7) is 1.79. The summed E-state index contributed by atoms with van der Waals surface area (Å²) in [7, 11) is 0.472. The maximum atomic E-state index is 13.7. The standard InChI is InChI=1S/C14H12F4N2O2/c1-8-3-4-9-7-10(5-6-11(9)19-8)20-12(21)13(15,22-2)14(16,17)18/h3-7H,1-2H3,(H,20,21)/t13-/m1/s1. The number of ether oxygens (including phenoxy) is 1. The maximum Gasteiger partial charge on any atom is 0.458 e. The molecule has 0 aliphatic carbocycles. The Morgan fingerprint density at radius 1 is 1.18 bits per heavy atom. The van der Waals surface area contributed by atoms with Gasteiger partial charge in [-0.1, -0.05) is 6.07 Å². The monoisotopic (exact) mass is 316 g/mol. The van der Waals surface area contributed by atoms with Gasteiger partial charge in [0.1, 0.15) is 0 Å². The molecule has 0 aliphatic rings. The molecule has 0 aliphatic heterocycles. The van der Waals surface area contributed by atoms with Gasteiger partial charge in [0, 0.05) is 23.9 Å². The number of methoxy groups -OCH3 is 1. The molecule has 0 unspecified atom stereocenters. The second kappa shape index (κ2) is 5.53. The van der Waals surface area contributed by atoms with Crippen LogP contribution in [0.2, 0.25) is 0 Å². The molecule has 1 aromatic carbocycles. The summed E-state index contributed by atoms with van der Waals surface area (Å²) in [5.41, 5.74) is 1.38. The second-order valence-corrected chi connectivity index (χ2v) is 4.61. The Balaban J connectivity index is 2.30. The molecule has 8 heteroatoms. The van der Waals surface area contributed by atoms with Crippen LogP contribution < -0.4 is 5.32 Å². The first-order valence-electron chi connectivity index (χ1n) is 6.17. The third kappa shape index (κ3) is 2.87. The van der Waals surface area contributed by atoms with Gasteiger partial charge in [-0.05, 0) is 31.2 Å². The van der Waals surface area contributed by atoms with E-state index in [2.05, 4.69) is 9.72 Å². The molecule has 0 spiro atoms. The van der Waals surface area contributed by atoms with Gasteiger partial charge in [0.15, 0.2) is 0 Å². The van der Waals surface area contributed by atoms with Crippen molar-refractivity contribution in [3.05, 3.63) is 36.0 Å². The third-order valence-electron chi connectivity index (χ3n) is 3.02. The predicted molar refractivity (Wildman–Crippen MR) is 72.0 cm³/mol. The fourth-order valence-corrected chi connectivity index (χ4v) is 1.85. The van der Waals surface area contributed by atoms with Crippen molar-refractivity contribution in [3.8, 4) is 0 Å². The van der Waals surface area contributed by atoms with Crippen LogP contribution in [0.3, 0.4) is 0 Å². The number of aromatic nitrogens is 1. The van der Waals surface area contributed by atoms with Gasteiger partial charge in [0.05, 0.1) is 5.52 Å². The zero-order valence-corrected chi connectivity index (χ0v) is 11.7. The minimum Gasteiger partial charge on any atom is -0.335 e. The molecular weight excluding hydrogens is 304 g/mol. The lowest BCUT2D eigenvalue weighted by atomic mass is 10.1. The van der Waals surface area contributed by atoms with Gasteiger partial charge in [-0.2, -0.15) is 17.6 Å². The second-order valence-electron chi connectivity index (χ2n) is 4.61. The lowest BCUT2D eigenvalue weighted by Crippen LogP contribution is -2.52. The molecule has 0 fully saturated rings. The molecule has 1 heterocycles. The Morgan fingerprint density at radius 2 is 1.86 bits per heavy atom. The van der Waals surface area contributed by atoms with E-state index >= 15 is 0 Å². The number of alkyl halides is 4. The zero-order chi connectivity index (χ0) is 16.5. The third-order valence-corrected chi connectivity index (χ3v) is 3.02. The molecule has 118 valence electrons. The van der Waals surface area contributed by atoms with Crippen LogP contribution in [0.4, 0.5) is 23.2 Å². The molecule has 22 heavy (non-hydrogen) atoms. The summed E-state index contributed by atoms with van der Waals surface area (Å²) >= 11 is 0. The molecule has 2 aromatic rings. The minimum absolute atomic E-state index is 0.00600. The average Bonchev–Trinajstić information content (AvgIpc) is 2.45. The maximum absolute atomic E-state index is 13.7. The van der Waals surface area contributed by atoms with Crippen molar-refractivity contribution >= 4 is 22.5 Å². The largest absolute Gasteiger partial charge is 0.458 e. The normalized spacial score (nSPS) is 14.6. The van der Waals surface area contributed by atoms with E-state index in [4.69, 9.17) is 0 Å². The van der Waals surface area contributed by atoms with E-state index in [0.717, 1.165) is 5.69 Å².